The van der Waals surface area contributed by atoms with Crippen LogP contribution in [0, 0.1) is 10.1 Å². The van der Waals surface area contributed by atoms with Crippen LogP contribution in [-0.4, -0.2) is 46.9 Å². The third-order valence-corrected chi connectivity index (χ3v) is 3.36. The molecule has 1 atom stereocenters. The maximum Gasteiger partial charge on any atom is 0.276 e. The summed E-state index contributed by atoms with van der Waals surface area (Å²) in [6.07, 6.45) is 1.17. The van der Waals surface area contributed by atoms with Gasteiger partial charge in [-0.2, -0.15) is 0 Å². The summed E-state index contributed by atoms with van der Waals surface area (Å²) in [6.45, 7) is 3.10. The van der Waals surface area contributed by atoms with E-state index < -0.39 is 4.92 Å². The molecule has 0 saturated carbocycles. The van der Waals surface area contributed by atoms with Gasteiger partial charge in [0.05, 0.1) is 17.1 Å². The Morgan fingerprint density at radius 3 is 2.81 bits per heavy atom. The minimum absolute atomic E-state index is 0.0105. The van der Waals surface area contributed by atoms with Crippen molar-refractivity contribution in [1.29, 1.82) is 0 Å². The summed E-state index contributed by atoms with van der Waals surface area (Å²) < 4.78 is 0. The minimum Gasteiger partial charge on any atom is -0.370 e. The number of carbonyl (C=O) groups excluding carboxylic acids is 1. The zero-order chi connectivity index (χ0) is 15.4. The van der Waals surface area contributed by atoms with Crippen molar-refractivity contribution in [1.82, 2.24) is 9.88 Å². The highest BCUT2D eigenvalue weighted by Crippen LogP contribution is 2.22. The van der Waals surface area contributed by atoms with Crippen molar-refractivity contribution in [2.24, 2.45) is 0 Å². The predicted octanol–water partition coefficient (Wildman–Crippen LogP) is 1.45. The molecule has 8 nitrogen and oxygen atoms in total. The third-order valence-electron chi connectivity index (χ3n) is 3.36. The second kappa shape index (κ2) is 6.38. The fourth-order valence-corrected chi connectivity index (χ4v) is 2.31. The van der Waals surface area contributed by atoms with Gasteiger partial charge in [0.2, 0.25) is 5.91 Å². The lowest BCUT2D eigenvalue weighted by Gasteiger charge is -2.30. The van der Waals surface area contributed by atoms with Crippen molar-refractivity contribution in [2.45, 2.75) is 25.8 Å². The van der Waals surface area contributed by atoms with Gasteiger partial charge in [-0.05, 0) is 13.3 Å². The monoisotopic (exact) mass is 293 g/mol. The van der Waals surface area contributed by atoms with Crippen LogP contribution in [0.1, 0.15) is 19.8 Å². The first-order valence-corrected chi connectivity index (χ1v) is 6.90. The zero-order valence-corrected chi connectivity index (χ0v) is 12.1. The number of nitro groups is 1. The maximum absolute atomic E-state index is 11.5. The summed E-state index contributed by atoms with van der Waals surface area (Å²) in [5.41, 5.74) is -0.0105. The van der Waals surface area contributed by atoms with Crippen LogP contribution in [-0.2, 0) is 4.79 Å². The van der Waals surface area contributed by atoms with E-state index in [9.17, 15) is 14.9 Å². The number of amides is 1. The number of hydrogen-bond donors (Lipinski definition) is 2. The molecule has 2 N–H and O–H groups in total. The topological polar surface area (TPSA) is 100 Å². The first-order valence-electron chi connectivity index (χ1n) is 6.90. The van der Waals surface area contributed by atoms with Gasteiger partial charge in [-0.3, -0.25) is 14.9 Å². The van der Waals surface area contributed by atoms with E-state index in [-0.39, 0.29) is 17.6 Å². The molecular formula is C13H19N5O3. The summed E-state index contributed by atoms with van der Waals surface area (Å²) >= 11 is 0. The number of likely N-dealkylation sites (N-methyl/N-ethyl adjacent to an activating group) is 1. The van der Waals surface area contributed by atoms with Gasteiger partial charge in [-0.25, -0.2) is 4.98 Å². The molecule has 1 aromatic rings. The lowest BCUT2D eigenvalue weighted by Crippen LogP contribution is -2.43. The van der Waals surface area contributed by atoms with Gasteiger partial charge in [0, 0.05) is 32.6 Å². The van der Waals surface area contributed by atoms with Gasteiger partial charge in [-0.1, -0.05) is 0 Å². The van der Waals surface area contributed by atoms with E-state index in [4.69, 9.17) is 0 Å². The fourth-order valence-electron chi connectivity index (χ4n) is 2.31. The molecule has 114 valence electrons. The summed E-state index contributed by atoms with van der Waals surface area (Å²) in [7, 11) is 1.75. The molecule has 1 aliphatic rings. The number of aromatic nitrogens is 1. The molecule has 2 rings (SSSR count). The Labute approximate surface area is 122 Å². The first kappa shape index (κ1) is 15.0. The number of nitrogens with one attached hydrogen (secondary N) is 2. The van der Waals surface area contributed by atoms with Crippen LogP contribution in [0.25, 0.3) is 0 Å². The van der Waals surface area contributed by atoms with Gasteiger partial charge in [-0.15, -0.1) is 0 Å². The van der Waals surface area contributed by atoms with E-state index in [2.05, 4.69) is 15.6 Å². The van der Waals surface area contributed by atoms with Crippen molar-refractivity contribution in [3.05, 3.63) is 22.2 Å². The zero-order valence-electron chi connectivity index (χ0n) is 12.1. The molecule has 1 fully saturated rings. The summed E-state index contributed by atoms with van der Waals surface area (Å²) in [5, 5.41) is 17.1. The highest BCUT2D eigenvalue weighted by molar-refractivity contribution is 5.77. The SMILES string of the molecule is CCNc1cc([N+](=O)[O-])cc(NC2CCC(=O)N(C)C2)n1. The lowest BCUT2D eigenvalue weighted by molar-refractivity contribution is -0.384. The molecule has 1 saturated heterocycles. The second-order valence-electron chi connectivity index (χ2n) is 5.04. The number of rotatable bonds is 5. The standard InChI is InChI=1S/C13H19N5O3/c1-3-14-11-6-10(18(20)21)7-12(16-11)15-9-4-5-13(19)17(2)8-9/h6-7,9H,3-5,8H2,1-2H3,(H2,14,15,16). The quantitative estimate of drug-likeness (QED) is 0.629. The number of likely N-dealkylation sites (tertiary alicyclic amines) is 1. The molecule has 0 bridgehead atoms. The molecule has 8 heteroatoms. The minimum atomic E-state index is -0.440. The summed E-state index contributed by atoms with van der Waals surface area (Å²) in [5.74, 6) is 1.04. The molecule has 1 aromatic heterocycles. The van der Waals surface area contributed by atoms with Crippen LogP contribution in [0.5, 0.6) is 0 Å². The Morgan fingerprint density at radius 1 is 1.48 bits per heavy atom. The van der Waals surface area contributed by atoms with Gasteiger partial charge in [0.15, 0.2) is 0 Å². The van der Waals surface area contributed by atoms with Gasteiger partial charge < -0.3 is 15.5 Å². The largest absolute Gasteiger partial charge is 0.370 e. The smallest absolute Gasteiger partial charge is 0.276 e. The molecule has 0 spiro atoms. The number of piperidine rings is 1. The molecule has 21 heavy (non-hydrogen) atoms. The van der Waals surface area contributed by atoms with Crippen LogP contribution in [0.15, 0.2) is 12.1 Å². The van der Waals surface area contributed by atoms with Gasteiger partial charge in [0.25, 0.3) is 5.69 Å². The fraction of sp³-hybridized carbons (Fsp3) is 0.538. The van der Waals surface area contributed by atoms with Crippen LogP contribution >= 0.6 is 0 Å². The Hall–Kier alpha value is -2.38. The number of nitrogens with zero attached hydrogens (tertiary/aromatic N) is 3. The van der Waals surface area contributed by atoms with Crippen molar-refractivity contribution in [3.8, 4) is 0 Å². The second-order valence-corrected chi connectivity index (χ2v) is 5.04. The van der Waals surface area contributed by atoms with Crippen molar-refractivity contribution >= 4 is 23.2 Å². The molecule has 0 radical (unpaired) electrons. The Kier molecular flexibility index (Phi) is 4.56. The van der Waals surface area contributed by atoms with E-state index in [1.807, 2.05) is 6.92 Å². The van der Waals surface area contributed by atoms with Gasteiger partial charge >= 0.3 is 0 Å². The van der Waals surface area contributed by atoms with Crippen LogP contribution in [0.2, 0.25) is 0 Å². The van der Waals surface area contributed by atoms with Crippen molar-refractivity contribution < 1.29 is 9.72 Å². The van der Waals surface area contributed by atoms with Crippen LogP contribution in [0.3, 0.4) is 0 Å². The molecule has 1 unspecified atom stereocenters. The van der Waals surface area contributed by atoms with E-state index in [1.54, 1.807) is 11.9 Å². The summed E-state index contributed by atoms with van der Waals surface area (Å²) in [6, 6.07) is 2.87. The molecule has 0 aromatic carbocycles. The average Bonchev–Trinajstić information content (AvgIpc) is 2.43. The lowest BCUT2D eigenvalue weighted by atomic mass is 10.1. The first-order chi connectivity index (χ1) is 9.99. The van der Waals surface area contributed by atoms with E-state index in [1.165, 1.54) is 12.1 Å². The Bertz CT molecular complexity index is 549. The normalized spacial score (nSPS) is 18.5. The number of carbonyl (C=O) groups is 1. The Morgan fingerprint density at radius 2 is 2.19 bits per heavy atom. The van der Waals surface area contributed by atoms with Gasteiger partial charge in [0.1, 0.15) is 11.6 Å². The molecule has 1 amide bonds. The van der Waals surface area contributed by atoms with E-state index in [0.29, 0.717) is 37.6 Å². The molecular weight excluding hydrogens is 274 g/mol. The summed E-state index contributed by atoms with van der Waals surface area (Å²) in [4.78, 5) is 28.0. The highest BCUT2D eigenvalue weighted by atomic mass is 16.6. The maximum atomic E-state index is 11.5. The number of hydrogen-bond acceptors (Lipinski definition) is 6. The molecule has 2 heterocycles. The van der Waals surface area contributed by atoms with Crippen LogP contribution in [0.4, 0.5) is 17.3 Å². The highest BCUT2D eigenvalue weighted by Gasteiger charge is 2.23. The molecule has 0 aliphatic carbocycles. The van der Waals surface area contributed by atoms with E-state index in [0.717, 1.165) is 0 Å². The van der Waals surface area contributed by atoms with E-state index >= 15 is 0 Å². The predicted molar refractivity (Wildman–Crippen MR) is 79.3 cm³/mol. The van der Waals surface area contributed by atoms with Crippen LogP contribution < -0.4 is 10.6 Å². The van der Waals surface area contributed by atoms with Crippen molar-refractivity contribution in [2.75, 3.05) is 30.8 Å². The Balaban J connectivity index is 2.15. The van der Waals surface area contributed by atoms with Crippen molar-refractivity contribution in [3.63, 3.8) is 0 Å². The average molecular weight is 293 g/mol. The third kappa shape index (κ3) is 3.80. The number of pyridine rings is 1. The molecule has 1 aliphatic heterocycles. The number of anilines is 2.